The summed E-state index contributed by atoms with van der Waals surface area (Å²) in [4.78, 5) is 38.3. The van der Waals surface area contributed by atoms with E-state index in [1.807, 2.05) is 12.1 Å². The number of nitrogens with zero attached hydrogens (tertiary/aromatic N) is 1. The molecule has 0 saturated heterocycles. The second-order valence-electron chi connectivity index (χ2n) is 6.26. The second-order valence-corrected chi connectivity index (χ2v) is 6.26. The van der Waals surface area contributed by atoms with Gasteiger partial charge in [-0.25, -0.2) is 9.69 Å². The summed E-state index contributed by atoms with van der Waals surface area (Å²) in [6.07, 6.45) is 0. The summed E-state index contributed by atoms with van der Waals surface area (Å²) in [5.74, 6) is -1.59. The van der Waals surface area contributed by atoms with Crippen LogP contribution < -0.4 is 9.64 Å². The molecule has 0 fully saturated rings. The Morgan fingerprint density at radius 3 is 1.96 bits per heavy atom. The third-order valence-corrected chi connectivity index (χ3v) is 4.69. The number of ether oxygens (including phenoxy) is 1. The van der Waals surface area contributed by atoms with E-state index in [0.717, 1.165) is 10.5 Å². The molecule has 6 nitrogen and oxygen atoms in total. The number of methoxy groups -OCH3 is 1. The van der Waals surface area contributed by atoms with Gasteiger partial charge in [-0.15, -0.1) is 0 Å². The fourth-order valence-corrected chi connectivity index (χ4v) is 3.27. The van der Waals surface area contributed by atoms with Gasteiger partial charge in [0.15, 0.2) is 0 Å². The molecule has 0 bridgehead atoms. The predicted molar refractivity (Wildman–Crippen MR) is 103 cm³/mol. The van der Waals surface area contributed by atoms with Crippen molar-refractivity contribution >= 4 is 23.5 Å². The van der Waals surface area contributed by atoms with E-state index in [9.17, 15) is 19.5 Å². The number of imide groups is 1. The molecule has 1 aliphatic rings. The van der Waals surface area contributed by atoms with E-state index in [4.69, 9.17) is 4.74 Å². The fourth-order valence-electron chi connectivity index (χ4n) is 3.27. The predicted octanol–water partition coefficient (Wildman–Crippen LogP) is 3.86. The number of rotatable bonds is 4. The molecule has 1 N–H and O–H groups in total. The van der Waals surface area contributed by atoms with Gasteiger partial charge in [0.25, 0.3) is 11.8 Å². The van der Waals surface area contributed by atoms with Gasteiger partial charge in [-0.05, 0) is 47.5 Å². The lowest BCUT2D eigenvalue weighted by Crippen LogP contribution is -2.31. The van der Waals surface area contributed by atoms with Crippen LogP contribution in [0.2, 0.25) is 0 Å². The summed E-state index contributed by atoms with van der Waals surface area (Å²) in [6, 6.07) is 18.2. The number of carbonyl (C=O) groups is 3. The minimum absolute atomic E-state index is 0.0482. The van der Waals surface area contributed by atoms with Crippen molar-refractivity contribution in [1.82, 2.24) is 0 Å². The maximum Gasteiger partial charge on any atom is 0.337 e. The number of carboxylic acids is 1. The standard InChI is InChI=1S/C22H15NO5/c1-28-15-9-6-13(7-10-15)14-8-11-18(22(26)27)19(12-14)23-20(24)16-4-2-3-5-17(16)21(23)25/h2-12H,1H3,(H,26,27). The van der Waals surface area contributed by atoms with E-state index in [1.54, 1.807) is 55.6 Å². The van der Waals surface area contributed by atoms with Crippen LogP contribution in [0.3, 0.4) is 0 Å². The molecular weight excluding hydrogens is 358 g/mol. The number of fused-ring (bicyclic) bond motifs is 1. The second kappa shape index (κ2) is 6.66. The highest BCUT2D eigenvalue weighted by atomic mass is 16.5. The van der Waals surface area contributed by atoms with Crippen molar-refractivity contribution < 1.29 is 24.2 Å². The number of anilines is 1. The Bertz CT molecular complexity index is 1080. The van der Waals surface area contributed by atoms with E-state index in [0.29, 0.717) is 11.3 Å². The molecule has 0 radical (unpaired) electrons. The first-order chi connectivity index (χ1) is 13.5. The number of aromatic carboxylic acids is 1. The zero-order valence-corrected chi connectivity index (χ0v) is 14.9. The van der Waals surface area contributed by atoms with Gasteiger partial charge in [0.1, 0.15) is 5.75 Å². The molecule has 0 saturated carbocycles. The summed E-state index contributed by atoms with van der Waals surface area (Å²) >= 11 is 0. The van der Waals surface area contributed by atoms with Crippen molar-refractivity contribution in [3.8, 4) is 16.9 Å². The van der Waals surface area contributed by atoms with Gasteiger partial charge >= 0.3 is 5.97 Å². The Kier molecular flexibility index (Phi) is 4.16. The number of carboxylic acid groups (broad SMARTS) is 1. The number of benzene rings is 3. The van der Waals surface area contributed by atoms with Crippen LogP contribution in [0.5, 0.6) is 5.75 Å². The third kappa shape index (κ3) is 2.72. The highest BCUT2D eigenvalue weighted by Gasteiger charge is 2.38. The smallest absolute Gasteiger partial charge is 0.337 e. The third-order valence-electron chi connectivity index (χ3n) is 4.69. The fraction of sp³-hybridized carbons (Fsp3) is 0.0455. The lowest BCUT2D eigenvalue weighted by atomic mass is 10.0. The molecule has 3 aromatic carbocycles. The van der Waals surface area contributed by atoms with Crippen molar-refractivity contribution in [1.29, 1.82) is 0 Å². The van der Waals surface area contributed by atoms with Crippen molar-refractivity contribution in [3.05, 3.63) is 83.4 Å². The maximum absolute atomic E-state index is 12.8. The normalized spacial score (nSPS) is 12.8. The molecule has 138 valence electrons. The summed E-state index contributed by atoms with van der Waals surface area (Å²) in [5.41, 5.74) is 1.94. The Morgan fingerprint density at radius 2 is 1.43 bits per heavy atom. The molecule has 1 heterocycles. The number of carbonyl (C=O) groups excluding carboxylic acids is 2. The topological polar surface area (TPSA) is 83.9 Å². The minimum Gasteiger partial charge on any atom is -0.497 e. The van der Waals surface area contributed by atoms with Gasteiger partial charge in [-0.1, -0.05) is 30.3 Å². The Labute approximate surface area is 160 Å². The van der Waals surface area contributed by atoms with Crippen molar-refractivity contribution in [2.75, 3.05) is 12.0 Å². The largest absolute Gasteiger partial charge is 0.497 e. The van der Waals surface area contributed by atoms with E-state index in [1.165, 1.54) is 6.07 Å². The first-order valence-corrected chi connectivity index (χ1v) is 8.51. The van der Waals surface area contributed by atoms with Crippen molar-refractivity contribution in [3.63, 3.8) is 0 Å². The molecular formula is C22H15NO5. The van der Waals surface area contributed by atoms with Crippen LogP contribution in [-0.2, 0) is 0 Å². The maximum atomic E-state index is 12.8. The van der Waals surface area contributed by atoms with E-state index < -0.39 is 17.8 Å². The van der Waals surface area contributed by atoms with Crippen LogP contribution in [0.15, 0.2) is 66.7 Å². The van der Waals surface area contributed by atoms with Crippen molar-refractivity contribution in [2.24, 2.45) is 0 Å². The Balaban J connectivity index is 1.85. The van der Waals surface area contributed by atoms with Gasteiger partial charge in [0, 0.05) is 0 Å². The van der Waals surface area contributed by atoms with E-state index in [-0.39, 0.29) is 22.4 Å². The van der Waals surface area contributed by atoms with Gasteiger partial charge in [0.2, 0.25) is 0 Å². The monoisotopic (exact) mass is 373 g/mol. The number of amides is 2. The first kappa shape index (κ1) is 17.5. The zero-order chi connectivity index (χ0) is 19.8. The molecule has 0 spiro atoms. The van der Waals surface area contributed by atoms with Crippen LogP contribution in [-0.4, -0.2) is 30.0 Å². The first-order valence-electron chi connectivity index (χ1n) is 8.51. The zero-order valence-electron chi connectivity index (χ0n) is 14.9. The Morgan fingerprint density at radius 1 is 0.857 bits per heavy atom. The molecule has 0 unspecified atom stereocenters. The van der Waals surface area contributed by atoms with Crippen LogP contribution in [0.25, 0.3) is 11.1 Å². The number of hydrogen-bond acceptors (Lipinski definition) is 4. The molecule has 0 aliphatic carbocycles. The van der Waals surface area contributed by atoms with Gasteiger partial charge in [-0.3, -0.25) is 9.59 Å². The lowest BCUT2D eigenvalue weighted by Gasteiger charge is -2.18. The summed E-state index contributed by atoms with van der Waals surface area (Å²) < 4.78 is 5.15. The molecule has 28 heavy (non-hydrogen) atoms. The van der Waals surface area contributed by atoms with Crippen LogP contribution in [0.4, 0.5) is 5.69 Å². The van der Waals surface area contributed by atoms with Gasteiger partial charge in [0.05, 0.1) is 29.5 Å². The summed E-state index contributed by atoms with van der Waals surface area (Å²) in [6.45, 7) is 0. The molecule has 0 aromatic heterocycles. The molecule has 3 aromatic rings. The van der Waals surface area contributed by atoms with Crippen LogP contribution >= 0.6 is 0 Å². The van der Waals surface area contributed by atoms with E-state index >= 15 is 0 Å². The van der Waals surface area contributed by atoms with Gasteiger partial charge in [-0.2, -0.15) is 0 Å². The Hall–Kier alpha value is -3.93. The summed E-state index contributed by atoms with van der Waals surface area (Å²) in [5, 5.41) is 9.58. The molecule has 1 aliphatic heterocycles. The number of hydrogen-bond donors (Lipinski definition) is 1. The summed E-state index contributed by atoms with van der Waals surface area (Å²) in [7, 11) is 1.57. The highest BCUT2D eigenvalue weighted by Crippen LogP contribution is 2.34. The van der Waals surface area contributed by atoms with Gasteiger partial charge < -0.3 is 9.84 Å². The highest BCUT2D eigenvalue weighted by molar-refractivity contribution is 6.35. The lowest BCUT2D eigenvalue weighted by molar-refractivity contribution is 0.0698. The SMILES string of the molecule is COc1ccc(-c2ccc(C(=O)O)c(N3C(=O)c4ccccc4C3=O)c2)cc1. The molecule has 6 heteroatoms. The molecule has 0 atom stereocenters. The molecule has 4 rings (SSSR count). The average Bonchev–Trinajstić information content (AvgIpc) is 2.98. The molecule has 2 amide bonds. The van der Waals surface area contributed by atoms with Crippen LogP contribution in [0, 0.1) is 0 Å². The average molecular weight is 373 g/mol. The van der Waals surface area contributed by atoms with E-state index in [2.05, 4.69) is 0 Å². The minimum atomic E-state index is -1.21. The van der Waals surface area contributed by atoms with Crippen LogP contribution in [0.1, 0.15) is 31.1 Å². The quantitative estimate of drug-likeness (QED) is 0.702. The van der Waals surface area contributed by atoms with Crippen molar-refractivity contribution in [2.45, 2.75) is 0 Å².